The van der Waals surface area contributed by atoms with Crippen molar-refractivity contribution in [2.75, 3.05) is 16.8 Å². The SMILES string of the molecule is CCS(=O)(=O)CCC(NCc1ccc2c(c1)COC2=C1C(=O)Nc2ccccc21)C(=O)O. The predicted molar refractivity (Wildman–Crippen MR) is 120 cm³/mol. The van der Waals surface area contributed by atoms with Crippen LogP contribution >= 0.6 is 0 Å². The number of carboxylic acids is 1. The number of benzene rings is 2. The van der Waals surface area contributed by atoms with Gasteiger partial charge in [0, 0.05) is 34.7 Å². The van der Waals surface area contributed by atoms with E-state index in [0.717, 1.165) is 27.9 Å². The molecule has 0 fully saturated rings. The van der Waals surface area contributed by atoms with E-state index in [0.29, 0.717) is 17.9 Å². The third-order valence-corrected chi connectivity index (χ3v) is 7.43. The summed E-state index contributed by atoms with van der Waals surface area (Å²) in [5, 5.41) is 15.2. The largest absolute Gasteiger partial charge is 0.487 e. The Morgan fingerprint density at radius 3 is 2.75 bits per heavy atom. The lowest BCUT2D eigenvalue weighted by Crippen LogP contribution is -2.37. The fourth-order valence-electron chi connectivity index (χ4n) is 3.87. The molecule has 4 rings (SSSR count). The van der Waals surface area contributed by atoms with Gasteiger partial charge >= 0.3 is 5.97 Å². The van der Waals surface area contributed by atoms with Crippen molar-refractivity contribution in [2.45, 2.75) is 32.5 Å². The van der Waals surface area contributed by atoms with E-state index in [9.17, 15) is 23.1 Å². The molecule has 1 amide bonds. The quantitative estimate of drug-likeness (QED) is 0.522. The van der Waals surface area contributed by atoms with Gasteiger partial charge in [-0.3, -0.25) is 9.59 Å². The molecule has 8 nitrogen and oxygen atoms in total. The van der Waals surface area contributed by atoms with E-state index < -0.39 is 21.8 Å². The summed E-state index contributed by atoms with van der Waals surface area (Å²) in [7, 11) is -3.24. The summed E-state index contributed by atoms with van der Waals surface area (Å²) in [4.78, 5) is 24.0. The first-order chi connectivity index (χ1) is 15.3. The minimum Gasteiger partial charge on any atom is -0.487 e. The second-order valence-corrected chi connectivity index (χ2v) is 10.3. The van der Waals surface area contributed by atoms with Crippen LogP contribution in [-0.4, -0.2) is 42.9 Å². The number of sulfone groups is 1. The van der Waals surface area contributed by atoms with Gasteiger partial charge in [0.2, 0.25) is 0 Å². The second kappa shape index (κ2) is 8.76. The zero-order valence-corrected chi connectivity index (χ0v) is 18.4. The van der Waals surface area contributed by atoms with Crippen LogP contribution in [0.25, 0.3) is 11.3 Å². The Labute approximate surface area is 186 Å². The summed E-state index contributed by atoms with van der Waals surface area (Å²) in [5.74, 6) is -0.934. The molecule has 2 aromatic carbocycles. The molecule has 0 aromatic heterocycles. The lowest BCUT2D eigenvalue weighted by molar-refractivity contribution is -0.139. The minimum atomic E-state index is -3.24. The Morgan fingerprint density at radius 2 is 2.00 bits per heavy atom. The normalized spacial score (nSPS) is 18.0. The highest BCUT2D eigenvalue weighted by Gasteiger charge is 2.32. The fraction of sp³-hybridized carbons (Fsp3) is 0.304. The smallest absolute Gasteiger partial charge is 0.320 e. The molecule has 2 aliphatic rings. The van der Waals surface area contributed by atoms with Gasteiger partial charge in [-0.2, -0.15) is 0 Å². The molecule has 0 saturated carbocycles. The number of aliphatic carboxylic acids is 1. The number of ether oxygens (including phenoxy) is 1. The molecule has 2 aliphatic heterocycles. The van der Waals surface area contributed by atoms with Crippen molar-refractivity contribution in [1.29, 1.82) is 0 Å². The maximum absolute atomic E-state index is 12.5. The number of para-hydroxylation sites is 1. The van der Waals surface area contributed by atoms with Crippen molar-refractivity contribution in [3.8, 4) is 0 Å². The number of anilines is 1. The Bertz CT molecular complexity index is 1220. The molecule has 2 heterocycles. The standard InChI is InChI=1S/C23H24N2O6S/c1-2-32(29,30)10-9-19(23(27)28)24-12-14-7-8-16-15(11-14)13-31-21(16)20-17-5-3-4-6-18(17)25-22(20)26/h3-8,11,19,24H,2,9-10,12-13H2,1H3,(H,25,26)(H,27,28). The van der Waals surface area contributed by atoms with Crippen molar-refractivity contribution >= 4 is 38.7 Å². The second-order valence-electron chi connectivity index (χ2n) is 7.78. The molecule has 2 aromatic rings. The molecule has 32 heavy (non-hydrogen) atoms. The summed E-state index contributed by atoms with van der Waals surface area (Å²) in [6.07, 6.45) is 0.00429. The number of carboxylic acid groups (broad SMARTS) is 1. The Morgan fingerprint density at radius 1 is 1.22 bits per heavy atom. The van der Waals surface area contributed by atoms with E-state index in [1.165, 1.54) is 0 Å². The molecule has 0 radical (unpaired) electrons. The maximum Gasteiger partial charge on any atom is 0.320 e. The van der Waals surface area contributed by atoms with Crippen LogP contribution in [0.4, 0.5) is 5.69 Å². The fourth-order valence-corrected chi connectivity index (χ4v) is 4.75. The Hall–Kier alpha value is -3.17. The van der Waals surface area contributed by atoms with Crippen LogP contribution in [0.3, 0.4) is 0 Å². The number of rotatable bonds is 8. The van der Waals surface area contributed by atoms with Crippen molar-refractivity contribution in [2.24, 2.45) is 0 Å². The van der Waals surface area contributed by atoms with Crippen molar-refractivity contribution in [1.82, 2.24) is 5.32 Å². The van der Waals surface area contributed by atoms with Crippen LogP contribution in [0.1, 0.15) is 35.6 Å². The van der Waals surface area contributed by atoms with E-state index in [2.05, 4.69) is 10.6 Å². The molecule has 0 aliphatic carbocycles. The zero-order valence-electron chi connectivity index (χ0n) is 17.6. The predicted octanol–water partition coefficient (Wildman–Crippen LogP) is 2.40. The molecular weight excluding hydrogens is 432 g/mol. The number of hydrogen-bond acceptors (Lipinski definition) is 6. The van der Waals surface area contributed by atoms with Gasteiger partial charge in [-0.1, -0.05) is 43.3 Å². The number of amides is 1. The van der Waals surface area contributed by atoms with E-state index in [4.69, 9.17) is 4.74 Å². The third kappa shape index (κ3) is 4.39. The molecule has 1 unspecified atom stereocenters. The van der Waals surface area contributed by atoms with Crippen LogP contribution in [-0.2, 0) is 37.3 Å². The van der Waals surface area contributed by atoms with Crippen molar-refractivity contribution < 1.29 is 27.9 Å². The zero-order chi connectivity index (χ0) is 22.9. The molecule has 0 bridgehead atoms. The Balaban J connectivity index is 1.51. The van der Waals surface area contributed by atoms with Crippen molar-refractivity contribution in [3.63, 3.8) is 0 Å². The average molecular weight is 457 g/mol. The van der Waals surface area contributed by atoms with Gasteiger partial charge in [0.15, 0.2) is 0 Å². The molecule has 3 N–H and O–H groups in total. The van der Waals surface area contributed by atoms with E-state index in [1.807, 2.05) is 42.5 Å². The first kappa shape index (κ1) is 22.0. The average Bonchev–Trinajstić information content (AvgIpc) is 3.32. The molecule has 1 atom stereocenters. The Kier molecular flexibility index (Phi) is 6.03. The topological polar surface area (TPSA) is 122 Å². The number of carbonyl (C=O) groups excluding carboxylic acids is 1. The summed E-state index contributed by atoms with van der Waals surface area (Å²) in [5.41, 5.74) is 4.65. The number of fused-ring (bicyclic) bond motifs is 2. The summed E-state index contributed by atoms with van der Waals surface area (Å²) >= 11 is 0. The van der Waals surface area contributed by atoms with Crippen LogP contribution in [0, 0.1) is 0 Å². The van der Waals surface area contributed by atoms with E-state index in [1.54, 1.807) is 6.92 Å². The van der Waals surface area contributed by atoms with Crippen LogP contribution in [0.2, 0.25) is 0 Å². The number of carbonyl (C=O) groups is 2. The van der Waals surface area contributed by atoms with Gasteiger partial charge in [0.05, 0.1) is 11.3 Å². The first-order valence-corrected chi connectivity index (χ1v) is 12.2. The molecule has 0 saturated heterocycles. The van der Waals surface area contributed by atoms with Crippen LogP contribution in [0.15, 0.2) is 42.5 Å². The van der Waals surface area contributed by atoms with Gasteiger partial charge in [0.1, 0.15) is 28.2 Å². The molecule has 0 spiro atoms. The summed E-state index contributed by atoms with van der Waals surface area (Å²) in [6, 6.07) is 12.1. The molecule has 9 heteroatoms. The van der Waals surface area contributed by atoms with Gasteiger partial charge < -0.3 is 20.5 Å². The molecular formula is C23H24N2O6S. The van der Waals surface area contributed by atoms with Gasteiger partial charge in [-0.05, 0) is 18.1 Å². The summed E-state index contributed by atoms with van der Waals surface area (Å²) in [6.45, 7) is 2.13. The number of nitrogens with one attached hydrogen (secondary N) is 2. The van der Waals surface area contributed by atoms with Gasteiger partial charge in [-0.25, -0.2) is 8.42 Å². The first-order valence-electron chi connectivity index (χ1n) is 10.4. The van der Waals surface area contributed by atoms with Crippen LogP contribution < -0.4 is 10.6 Å². The summed E-state index contributed by atoms with van der Waals surface area (Å²) < 4.78 is 29.3. The lowest BCUT2D eigenvalue weighted by Gasteiger charge is -2.14. The highest BCUT2D eigenvalue weighted by molar-refractivity contribution is 7.91. The van der Waals surface area contributed by atoms with E-state index in [-0.39, 0.29) is 30.4 Å². The van der Waals surface area contributed by atoms with Gasteiger partial charge in [0.25, 0.3) is 5.91 Å². The highest BCUT2D eigenvalue weighted by Crippen LogP contribution is 2.41. The highest BCUT2D eigenvalue weighted by atomic mass is 32.2. The monoisotopic (exact) mass is 456 g/mol. The van der Waals surface area contributed by atoms with Crippen molar-refractivity contribution in [3.05, 3.63) is 64.7 Å². The minimum absolute atomic E-state index is 0.00429. The van der Waals surface area contributed by atoms with Gasteiger partial charge in [-0.15, -0.1) is 0 Å². The molecule has 168 valence electrons. The van der Waals surface area contributed by atoms with Crippen LogP contribution in [0.5, 0.6) is 0 Å². The lowest BCUT2D eigenvalue weighted by atomic mass is 9.99. The number of hydrogen-bond donors (Lipinski definition) is 3. The van der Waals surface area contributed by atoms with E-state index >= 15 is 0 Å². The maximum atomic E-state index is 12.5. The third-order valence-electron chi connectivity index (χ3n) is 5.69.